The maximum Gasteiger partial charge on any atom is 0.229 e. The first-order valence-corrected chi connectivity index (χ1v) is 9.32. The molecule has 2 rings (SSSR count). The van der Waals surface area contributed by atoms with Crippen LogP contribution in [-0.2, 0) is 19.6 Å². The van der Waals surface area contributed by atoms with Crippen LogP contribution in [0.5, 0.6) is 0 Å². The van der Waals surface area contributed by atoms with Gasteiger partial charge in [0, 0.05) is 25.9 Å². The minimum absolute atomic E-state index is 0.0177. The van der Waals surface area contributed by atoms with E-state index in [0.717, 1.165) is 6.26 Å². The minimum Gasteiger partial charge on any atom is -0.351 e. The highest BCUT2D eigenvalue weighted by atomic mass is 35.5. The molecule has 1 saturated heterocycles. The molecular formula is C14H18ClN3O4S. The van der Waals surface area contributed by atoms with Crippen LogP contribution in [0.4, 0.5) is 5.69 Å². The fourth-order valence-corrected chi connectivity index (χ4v) is 3.07. The number of hydrogen-bond donors (Lipinski definition) is 2. The summed E-state index contributed by atoms with van der Waals surface area (Å²) >= 11 is 6.09. The van der Waals surface area contributed by atoms with Crippen molar-refractivity contribution >= 4 is 39.1 Å². The Hall–Kier alpha value is -1.64. The molecule has 2 amide bonds. The molecule has 1 aromatic carbocycles. The Bertz CT molecular complexity index is 708. The van der Waals surface area contributed by atoms with Gasteiger partial charge in [-0.25, -0.2) is 13.1 Å². The van der Waals surface area contributed by atoms with E-state index in [-0.39, 0.29) is 37.2 Å². The van der Waals surface area contributed by atoms with E-state index in [0.29, 0.717) is 17.3 Å². The summed E-state index contributed by atoms with van der Waals surface area (Å²) in [5.41, 5.74) is 0.620. The van der Waals surface area contributed by atoms with Crippen LogP contribution in [0.15, 0.2) is 24.3 Å². The van der Waals surface area contributed by atoms with Gasteiger partial charge in [0.2, 0.25) is 21.8 Å². The zero-order chi connectivity index (χ0) is 17.0. The Kier molecular flexibility index (Phi) is 5.61. The number of para-hydroxylation sites is 1. The second kappa shape index (κ2) is 7.29. The zero-order valence-corrected chi connectivity index (χ0v) is 14.2. The third kappa shape index (κ3) is 5.19. The Balaban J connectivity index is 1.88. The van der Waals surface area contributed by atoms with E-state index in [1.807, 2.05) is 0 Å². The second-order valence-corrected chi connectivity index (χ2v) is 7.58. The molecule has 126 valence electrons. The predicted octanol–water partition coefficient (Wildman–Crippen LogP) is 0.501. The van der Waals surface area contributed by atoms with Crippen LogP contribution in [0, 0.1) is 0 Å². The Morgan fingerprint density at radius 3 is 2.74 bits per heavy atom. The Labute approximate surface area is 140 Å². The lowest BCUT2D eigenvalue weighted by molar-refractivity contribution is -0.121. The molecule has 0 aromatic heterocycles. The van der Waals surface area contributed by atoms with Crippen LogP contribution in [0.3, 0.4) is 0 Å². The Morgan fingerprint density at radius 1 is 1.39 bits per heavy atom. The molecule has 1 heterocycles. The molecule has 23 heavy (non-hydrogen) atoms. The number of nitrogens with zero attached hydrogens (tertiary/aromatic N) is 1. The Morgan fingerprint density at radius 2 is 2.09 bits per heavy atom. The topological polar surface area (TPSA) is 95.6 Å². The van der Waals surface area contributed by atoms with Gasteiger partial charge in [-0.15, -0.1) is 0 Å². The summed E-state index contributed by atoms with van der Waals surface area (Å²) < 4.78 is 24.1. The number of hydrogen-bond acceptors (Lipinski definition) is 4. The molecule has 0 aliphatic carbocycles. The number of sulfonamides is 1. The van der Waals surface area contributed by atoms with E-state index in [4.69, 9.17) is 11.6 Å². The first kappa shape index (κ1) is 17.7. The van der Waals surface area contributed by atoms with E-state index < -0.39 is 10.0 Å². The molecule has 0 bridgehead atoms. The highest BCUT2D eigenvalue weighted by molar-refractivity contribution is 7.88. The summed E-state index contributed by atoms with van der Waals surface area (Å²) in [6.45, 7) is 0.368. The summed E-state index contributed by atoms with van der Waals surface area (Å²) in [5.74, 6) is -0.419. The van der Waals surface area contributed by atoms with Crippen molar-refractivity contribution in [2.45, 2.75) is 18.9 Å². The van der Waals surface area contributed by atoms with Gasteiger partial charge in [0.1, 0.15) is 0 Å². The number of anilines is 1. The average molecular weight is 360 g/mol. The van der Waals surface area contributed by atoms with Gasteiger partial charge in [0.15, 0.2) is 0 Å². The molecule has 7 nitrogen and oxygen atoms in total. The van der Waals surface area contributed by atoms with Crippen LogP contribution in [0.1, 0.15) is 12.8 Å². The molecule has 2 N–H and O–H groups in total. The number of halogens is 1. The number of benzene rings is 1. The number of carbonyl (C=O) groups is 2. The summed E-state index contributed by atoms with van der Waals surface area (Å²) in [5, 5.41) is 3.21. The van der Waals surface area contributed by atoms with Crippen molar-refractivity contribution in [3.05, 3.63) is 29.3 Å². The van der Waals surface area contributed by atoms with Crippen LogP contribution < -0.4 is 14.9 Å². The maximum atomic E-state index is 12.1. The molecule has 0 radical (unpaired) electrons. The zero-order valence-electron chi connectivity index (χ0n) is 12.6. The van der Waals surface area contributed by atoms with Crippen LogP contribution in [0.2, 0.25) is 5.02 Å². The van der Waals surface area contributed by atoms with Gasteiger partial charge >= 0.3 is 0 Å². The maximum absolute atomic E-state index is 12.1. The first-order chi connectivity index (χ1) is 10.8. The van der Waals surface area contributed by atoms with Gasteiger partial charge in [-0.1, -0.05) is 23.7 Å². The summed E-state index contributed by atoms with van der Waals surface area (Å²) in [6.07, 6.45) is 1.24. The molecular weight excluding hydrogens is 342 g/mol. The summed E-state index contributed by atoms with van der Waals surface area (Å²) in [6, 6.07) is 6.70. The molecule has 0 saturated carbocycles. The van der Waals surface area contributed by atoms with Gasteiger partial charge in [-0.2, -0.15) is 0 Å². The normalized spacial score (nSPS) is 18.3. The number of nitrogens with one attached hydrogen (secondary N) is 2. The second-order valence-electron chi connectivity index (χ2n) is 5.34. The van der Waals surface area contributed by atoms with Crippen molar-refractivity contribution in [1.82, 2.24) is 10.0 Å². The third-order valence-electron chi connectivity index (χ3n) is 3.35. The number of carbonyl (C=O) groups excluding carboxylic acids is 2. The lowest BCUT2D eigenvalue weighted by Gasteiger charge is -2.18. The highest BCUT2D eigenvalue weighted by Gasteiger charge is 2.32. The van der Waals surface area contributed by atoms with Crippen molar-refractivity contribution < 1.29 is 18.0 Å². The number of amides is 2. The average Bonchev–Trinajstić information content (AvgIpc) is 2.78. The van der Waals surface area contributed by atoms with Crippen LogP contribution in [-0.4, -0.2) is 45.6 Å². The SMILES string of the molecule is CS(=O)(=O)NCCC(=O)NC1CC(=O)N(c2ccccc2Cl)C1. The molecule has 1 fully saturated rings. The molecule has 1 aliphatic rings. The lowest BCUT2D eigenvalue weighted by Crippen LogP contribution is -2.38. The lowest BCUT2D eigenvalue weighted by atomic mass is 10.2. The van der Waals surface area contributed by atoms with E-state index >= 15 is 0 Å². The van der Waals surface area contributed by atoms with E-state index in [1.165, 1.54) is 0 Å². The molecule has 0 spiro atoms. The van der Waals surface area contributed by atoms with Gasteiger partial charge in [0.25, 0.3) is 0 Å². The third-order valence-corrected chi connectivity index (χ3v) is 4.40. The van der Waals surface area contributed by atoms with E-state index in [9.17, 15) is 18.0 Å². The smallest absolute Gasteiger partial charge is 0.229 e. The minimum atomic E-state index is -3.31. The van der Waals surface area contributed by atoms with Gasteiger partial charge < -0.3 is 10.2 Å². The van der Waals surface area contributed by atoms with Crippen molar-refractivity contribution in [3.63, 3.8) is 0 Å². The van der Waals surface area contributed by atoms with E-state index in [2.05, 4.69) is 10.0 Å². The fraction of sp³-hybridized carbons (Fsp3) is 0.429. The first-order valence-electron chi connectivity index (χ1n) is 7.05. The fourth-order valence-electron chi connectivity index (χ4n) is 2.36. The van der Waals surface area contributed by atoms with Gasteiger partial charge in [0.05, 0.1) is 23.0 Å². The van der Waals surface area contributed by atoms with Gasteiger partial charge in [-0.3, -0.25) is 9.59 Å². The molecule has 9 heteroatoms. The monoisotopic (exact) mass is 359 g/mol. The molecule has 1 aliphatic heterocycles. The quantitative estimate of drug-likeness (QED) is 0.773. The molecule has 1 atom stereocenters. The molecule has 1 aromatic rings. The summed E-state index contributed by atoms with van der Waals surface area (Å²) in [7, 11) is -3.31. The van der Waals surface area contributed by atoms with Crippen LogP contribution >= 0.6 is 11.6 Å². The van der Waals surface area contributed by atoms with Crippen molar-refractivity contribution in [3.8, 4) is 0 Å². The standard InChI is InChI=1S/C14H18ClN3O4S/c1-23(21,22)16-7-6-13(19)17-10-8-14(20)18(9-10)12-5-3-2-4-11(12)15/h2-5,10,16H,6-9H2,1H3,(H,17,19). The van der Waals surface area contributed by atoms with Crippen molar-refractivity contribution in [2.75, 3.05) is 24.2 Å². The largest absolute Gasteiger partial charge is 0.351 e. The van der Waals surface area contributed by atoms with Crippen molar-refractivity contribution in [1.29, 1.82) is 0 Å². The molecule has 1 unspecified atom stereocenters. The van der Waals surface area contributed by atoms with Gasteiger partial charge in [-0.05, 0) is 12.1 Å². The highest BCUT2D eigenvalue weighted by Crippen LogP contribution is 2.28. The van der Waals surface area contributed by atoms with Crippen LogP contribution in [0.25, 0.3) is 0 Å². The predicted molar refractivity (Wildman–Crippen MR) is 87.8 cm³/mol. The van der Waals surface area contributed by atoms with E-state index in [1.54, 1.807) is 29.2 Å². The van der Waals surface area contributed by atoms with Crippen molar-refractivity contribution in [2.24, 2.45) is 0 Å². The summed E-state index contributed by atoms with van der Waals surface area (Å²) in [4.78, 5) is 25.4. The number of rotatable bonds is 6.